The lowest BCUT2D eigenvalue weighted by Gasteiger charge is -2.35. The number of likely N-dealkylation sites (N-methyl/N-ethyl adjacent to an activating group) is 1. The van der Waals surface area contributed by atoms with Crippen molar-refractivity contribution >= 4 is 11.8 Å². The zero-order valence-corrected chi connectivity index (χ0v) is 12.6. The van der Waals surface area contributed by atoms with E-state index in [0.717, 1.165) is 11.3 Å². The van der Waals surface area contributed by atoms with Gasteiger partial charge in [-0.3, -0.25) is 4.90 Å². The van der Waals surface area contributed by atoms with Crippen molar-refractivity contribution in [2.24, 2.45) is 0 Å². The molecule has 2 aliphatic heterocycles. The Hall–Kier alpha value is -0.510. The number of piperidine rings is 1. The average Bonchev–Trinajstić information content (AvgIpc) is 2.88. The number of rotatable bonds is 4. The summed E-state index contributed by atoms with van der Waals surface area (Å²) in [7, 11) is 0. The SMILES string of the molecule is CCN(CC1Cc2ccccc2S1)C1CCCNC1. The molecule has 2 aliphatic rings. The van der Waals surface area contributed by atoms with E-state index in [0.29, 0.717) is 0 Å². The lowest BCUT2D eigenvalue weighted by molar-refractivity contribution is 0.175. The van der Waals surface area contributed by atoms with E-state index in [1.807, 2.05) is 0 Å². The first-order chi connectivity index (χ1) is 9.36. The third-order valence-electron chi connectivity index (χ3n) is 4.35. The summed E-state index contributed by atoms with van der Waals surface area (Å²) in [6.07, 6.45) is 3.95. The minimum atomic E-state index is 0.749. The Kier molecular flexibility index (Phi) is 4.46. The van der Waals surface area contributed by atoms with Crippen LogP contribution in [0.3, 0.4) is 0 Å². The number of hydrogen-bond donors (Lipinski definition) is 1. The first-order valence-electron chi connectivity index (χ1n) is 7.56. The van der Waals surface area contributed by atoms with Crippen LogP contribution >= 0.6 is 11.8 Å². The summed E-state index contributed by atoms with van der Waals surface area (Å²) in [6, 6.07) is 9.66. The van der Waals surface area contributed by atoms with Gasteiger partial charge in [0.05, 0.1) is 0 Å². The standard InChI is InChI=1S/C16H24N2S/c1-2-18(14-7-5-9-17-11-14)12-15-10-13-6-3-4-8-16(13)19-15/h3-4,6,8,14-15,17H,2,5,7,9-12H2,1H3. The van der Waals surface area contributed by atoms with E-state index in [2.05, 4.69) is 53.2 Å². The maximum atomic E-state index is 3.54. The predicted octanol–water partition coefficient (Wildman–Crippen LogP) is 2.78. The Morgan fingerprint density at radius 2 is 2.26 bits per heavy atom. The predicted molar refractivity (Wildman–Crippen MR) is 82.9 cm³/mol. The lowest BCUT2D eigenvalue weighted by atomic mass is 10.0. The molecule has 2 nitrogen and oxygen atoms in total. The van der Waals surface area contributed by atoms with Gasteiger partial charge >= 0.3 is 0 Å². The number of benzene rings is 1. The molecule has 2 unspecified atom stereocenters. The topological polar surface area (TPSA) is 15.3 Å². The monoisotopic (exact) mass is 276 g/mol. The fraction of sp³-hybridized carbons (Fsp3) is 0.625. The van der Waals surface area contributed by atoms with Crippen LogP contribution in [0.1, 0.15) is 25.3 Å². The molecule has 0 amide bonds. The second kappa shape index (κ2) is 6.29. The van der Waals surface area contributed by atoms with Crippen molar-refractivity contribution in [1.29, 1.82) is 0 Å². The van der Waals surface area contributed by atoms with Crippen LogP contribution < -0.4 is 5.32 Å². The summed E-state index contributed by atoms with van der Waals surface area (Å²) in [6.45, 7) is 7.11. The van der Waals surface area contributed by atoms with Gasteiger partial charge in [-0.15, -0.1) is 11.8 Å². The number of hydrogen-bond acceptors (Lipinski definition) is 3. The summed E-state index contributed by atoms with van der Waals surface area (Å²) < 4.78 is 0. The summed E-state index contributed by atoms with van der Waals surface area (Å²) in [5.74, 6) is 0. The molecule has 1 fully saturated rings. The van der Waals surface area contributed by atoms with Crippen LogP contribution in [0.2, 0.25) is 0 Å². The Morgan fingerprint density at radius 3 is 3.00 bits per heavy atom. The molecule has 0 saturated carbocycles. The molecule has 1 aromatic carbocycles. The Labute approximate surface area is 121 Å². The second-order valence-corrected chi connectivity index (χ2v) is 6.98. The van der Waals surface area contributed by atoms with E-state index in [1.54, 1.807) is 5.56 Å². The van der Waals surface area contributed by atoms with Gasteiger partial charge in [0.2, 0.25) is 0 Å². The van der Waals surface area contributed by atoms with Crippen LogP contribution in [0.4, 0.5) is 0 Å². The molecule has 1 aromatic rings. The third-order valence-corrected chi connectivity index (χ3v) is 5.65. The summed E-state index contributed by atoms with van der Waals surface area (Å²) >= 11 is 2.08. The molecule has 104 valence electrons. The van der Waals surface area contributed by atoms with Gasteiger partial charge in [-0.05, 0) is 44.0 Å². The van der Waals surface area contributed by atoms with Crippen molar-refractivity contribution in [2.75, 3.05) is 26.2 Å². The van der Waals surface area contributed by atoms with E-state index in [1.165, 1.54) is 50.3 Å². The van der Waals surface area contributed by atoms with Crippen LogP contribution in [0.25, 0.3) is 0 Å². The minimum Gasteiger partial charge on any atom is -0.315 e. The number of nitrogens with zero attached hydrogens (tertiary/aromatic N) is 1. The fourth-order valence-electron chi connectivity index (χ4n) is 3.30. The zero-order valence-electron chi connectivity index (χ0n) is 11.8. The molecular weight excluding hydrogens is 252 g/mol. The number of fused-ring (bicyclic) bond motifs is 1. The molecule has 3 rings (SSSR count). The van der Waals surface area contributed by atoms with Crippen LogP contribution in [0.15, 0.2) is 29.2 Å². The molecular formula is C16H24N2S. The maximum absolute atomic E-state index is 3.54. The summed E-state index contributed by atoms with van der Waals surface area (Å²) in [4.78, 5) is 4.20. The molecule has 0 spiro atoms. The second-order valence-electron chi connectivity index (χ2n) is 5.64. The molecule has 0 bridgehead atoms. The van der Waals surface area contributed by atoms with E-state index >= 15 is 0 Å². The molecule has 0 radical (unpaired) electrons. The first kappa shape index (κ1) is 13.5. The van der Waals surface area contributed by atoms with Crippen molar-refractivity contribution < 1.29 is 0 Å². The third kappa shape index (κ3) is 3.15. The molecule has 0 aliphatic carbocycles. The van der Waals surface area contributed by atoms with Gasteiger partial charge in [0.1, 0.15) is 0 Å². The highest BCUT2D eigenvalue weighted by molar-refractivity contribution is 8.00. The Balaban J connectivity index is 1.59. The van der Waals surface area contributed by atoms with Crippen molar-refractivity contribution in [2.45, 2.75) is 42.4 Å². The Bertz CT molecular complexity index is 390. The normalized spacial score (nSPS) is 26.6. The molecule has 1 N–H and O–H groups in total. The first-order valence-corrected chi connectivity index (χ1v) is 8.44. The van der Waals surface area contributed by atoms with Crippen LogP contribution in [0, 0.1) is 0 Å². The van der Waals surface area contributed by atoms with Gasteiger partial charge in [-0.1, -0.05) is 25.1 Å². The van der Waals surface area contributed by atoms with Crippen LogP contribution in [-0.4, -0.2) is 42.4 Å². The zero-order chi connectivity index (χ0) is 13.1. The maximum Gasteiger partial charge on any atom is 0.0263 e. The molecule has 3 heteroatoms. The minimum absolute atomic E-state index is 0.749. The van der Waals surface area contributed by atoms with Crippen LogP contribution in [0.5, 0.6) is 0 Å². The average molecular weight is 276 g/mol. The number of thioether (sulfide) groups is 1. The van der Waals surface area contributed by atoms with Crippen molar-refractivity contribution in [1.82, 2.24) is 10.2 Å². The molecule has 19 heavy (non-hydrogen) atoms. The molecule has 0 aromatic heterocycles. The highest BCUT2D eigenvalue weighted by Gasteiger charge is 2.27. The van der Waals surface area contributed by atoms with Gasteiger partial charge in [0, 0.05) is 29.3 Å². The largest absolute Gasteiger partial charge is 0.315 e. The van der Waals surface area contributed by atoms with Crippen molar-refractivity contribution in [3.8, 4) is 0 Å². The van der Waals surface area contributed by atoms with E-state index in [-0.39, 0.29) is 0 Å². The van der Waals surface area contributed by atoms with E-state index in [9.17, 15) is 0 Å². The highest BCUT2D eigenvalue weighted by atomic mass is 32.2. The highest BCUT2D eigenvalue weighted by Crippen LogP contribution is 2.37. The van der Waals surface area contributed by atoms with Gasteiger partial charge in [-0.25, -0.2) is 0 Å². The van der Waals surface area contributed by atoms with Gasteiger partial charge in [-0.2, -0.15) is 0 Å². The van der Waals surface area contributed by atoms with Gasteiger partial charge < -0.3 is 5.32 Å². The van der Waals surface area contributed by atoms with Gasteiger partial charge in [0.25, 0.3) is 0 Å². The summed E-state index contributed by atoms with van der Waals surface area (Å²) in [5.41, 5.74) is 1.55. The molecule has 1 saturated heterocycles. The molecule has 2 atom stereocenters. The van der Waals surface area contributed by atoms with Crippen molar-refractivity contribution in [3.63, 3.8) is 0 Å². The smallest absolute Gasteiger partial charge is 0.0263 e. The summed E-state index contributed by atoms with van der Waals surface area (Å²) in [5, 5.41) is 4.29. The number of nitrogens with one attached hydrogen (secondary N) is 1. The Morgan fingerprint density at radius 1 is 1.37 bits per heavy atom. The van der Waals surface area contributed by atoms with Gasteiger partial charge in [0.15, 0.2) is 0 Å². The van der Waals surface area contributed by atoms with E-state index < -0.39 is 0 Å². The van der Waals surface area contributed by atoms with Crippen molar-refractivity contribution in [3.05, 3.63) is 29.8 Å². The fourth-order valence-corrected chi connectivity index (χ4v) is 4.65. The van der Waals surface area contributed by atoms with E-state index in [4.69, 9.17) is 0 Å². The lowest BCUT2D eigenvalue weighted by Crippen LogP contribution is -2.48. The quantitative estimate of drug-likeness (QED) is 0.910. The van der Waals surface area contributed by atoms with Crippen LogP contribution in [-0.2, 0) is 6.42 Å². The molecule has 2 heterocycles.